The number of methoxy groups -OCH3 is 1. The molecule has 4 heteroatoms. The molecule has 0 N–H and O–H groups in total. The fourth-order valence-corrected chi connectivity index (χ4v) is 4.29. The zero-order valence-corrected chi connectivity index (χ0v) is 15.3. The van der Waals surface area contributed by atoms with Crippen molar-refractivity contribution in [3.8, 4) is 5.75 Å². The van der Waals surface area contributed by atoms with Crippen LogP contribution in [0.4, 0.5) is 0 Å². The van der Waals surface area contributed by atoms with Crippen molar-refractivity contribution in [2.24, 2.45) is 0 Å². The van der Waals surface area contributed by atoms with Crippen molar-refractivity contribution in [3.63, 3.8) is 0 Å². The number of fused-ring (bicyclic) bond motifs is 3. The molecule has 0 bridgehead atoms. The first kappa shape index (κ1) is 15.5. The number of carbonyl (C=O) groups excluding carboxylic acids is 1. The molecule has 0 spiro atoms. The SMILES string of the molecule is COc1ccc(C(=O)c2c3n(c4c(Br)cccc24)CC[C@H]3C)cc1. The summed E-state index contributed by atoms with van der Waals surface area (Å²) in [5.74, 6) is 1.24. The van der Waals surface area contributed by atoms with E-state index in [0.717, 1.165) is 45.3 Å². The first-order valence-corrected chi connectivity index (χ1v) is 8.90. The number of ether oxygens (including phenoxy) is 1. The van der Waals surface area contributed by atoms with Crippen LogP contribution in [0.1, 0.15) is 40.9 Å². The third-order valence-corrected chi connectivity index (χ3v) is 5.54. The smallest absolute Gasteiger partial charge is 0.195 e. The normalized spacial score (nSPS) is 16.4. The molecule has 1 aliphatic heterocycles. The van der Waals surface area contributed by atoms with Crippen molar-refractivity contribution >= 4 is 32.6 Å². The van der Waals surface area contributed by atoms with Crippen LogP contribution in [0.5, 0.6) is 5.75 Å². The number of benzene rings is 2. The maximum atomic E-state index is 13.3. The Balaban J connectivity index is 1.94. The average Bonchev–Trinajstić information content (AvgIpc) is 3.13. The molecule has 0 radical (unpaired) electrons. The van der Waals surface area contributed by atoms with Crippen LogP contribution >= 0.6 is 15.9 Å². The van der Waals surface area contributed by atoms with Gasteiger partial charge in [0.15, 0.2) is 5.78 Å². The summed E-state index contributed by atoms with van der Waals surface area (Å²) in [7, 11) is 1.63. The van der Waals surface area contributed by atoms with Crippen molar-refractivity contribution in [3.05, 3.63) is 63.8 Å². The molecule has 122 valence electrons. The summed E-state index contributed by atoms with van der Waals surface area (Å²) in [5, 5.41) is 1.03. The number of aromatic nitrogens is 1. The molecule has 4 rings (SSSR count). The summed E-state index contributed by atoms with van der Waals surface area (Å²) in [6.45, 7) is 3.17. The second-order valence-electron chi connectivity index (χ2n) is 6.30. The molecular formula is C20H18BrNO2. The van der Waals surface area contributed by atoms with Gasteiger partial charge in [0.25, 0.3) is 0 Å². The van der Waals surface area contributed by atoms with Crippen LogP contribution in [-0.4, -0.2) is 17.5 Å². The van der Waals surface area contributed by atoms with Crippen molar-refractivity contribution < 1.29 is 9.53 Å². The maximum absolute atomic E-state index is 13.3. The molecule has 0 saturated heterocycles. The van der Waals surface area contributed by atoms with Crippen LogP contribution in [0, 0.1) is 0 Å². The van der Waals surface area contributed by atoms with Gasteiger partial charge < -0.3 is 9.30 Å². The molecule has 0 aliphatic carbocycles. The predicted octanol–water partition coefficient (Wildman–Crippen LogP) is 5.15. The topological polar surface area (TPSA) is 31.2 Å². The number of halogens is 1. The number of ketones is 1. The molecule has 0 amide bonds. The second kappa shape index (κ2) is 5.78. The number of carbonyl (C=O) groups is 1. The Morgan fingerprint density at radius 2 is 1.96 bits per heavy atom. The first-order chi connectivity index (χ1) is 11.6. The highest BCUT2D eigenvalue weighted by atomic mass is 79.9. The fraction of sp³-hybridized carbons (Fsp3) is 0.250. The number of para-hydroxylation sites is 1. The van der Waals surface area contributed by atoms with Crippen molar-refractivity contribution in [1.82, 2.24) is 4.57 Å². The summed E-state index contributed by atoms with van der Waals surface area (Å²) in [6, 6.07) is 13.5. The van der Waals surface area contributed by atoms with Gasteiger partial charge in [-0.15, -0.1) is 0 Å². The van der Waals surface area contributed by atoms with E-state index in [1.807, 2.05) is 36.4 Å². The van der Waals surface area contributed by atoms with E-state index in [4.69, 9.17) is 4.74 Å². The van der Waals surface area contributed by atoms with E-state index in [-0.39, 0.29) is 5.78 Å². The zero-order valence-electron chi connectivity index (χ0n) is 13.7. The zero-order chi connectivity index (χ0) is 16.8. The van der Waals surface area contributed by atoms with Gasteiger partial charge in [0, 0.05) is 27.7 Å². The second-order valence-corrected chi connectivity index (χ2v) is 7.15. The molecular weight excluding hydrogens is 366 g/mol. The standard InChI is InChI=1S/C20H18BrNO2/c1-12-10-11-22-18(12)17(15-4-3-5-16(21)19(15)22)20(23)13-6-8-14(24-2)9-7-13/h3-9,12H,10-11H2,1-2H3/t12-/m1/s1. The molecule has 3 nitrogen and oxygen atoms in total. The van der Waals surface area contributed by atoms with Gasteiger partial charge in [0.2, 0.25) is 0 Å². The number of hydrogen-bond acceptors (Lipinski definition) is 2. The lowest BCUT2D eigenvalue weighted by Gasteiger charge is -2.07. The van der Waals surface area contributed by atoms with Gasteiger partial charge in [0.1, 0.15) is 5.75 Å². The van der Waals surface area contributed by atoms with Crippen molar-refractivity contribution in [2.75, 3.05) is 7.11 Å². The molecule has 0 fully saturated rings. The Hall–Kier alpha value is -2.07. The Morgan fingerprint density at radius 3 is 2.67 bits per heavy atom. The van der Waals surface area contributed by atoms with Gasteiger partial charge >= 0.3 is 0 Å². The molecule has 1 aliphatic rings. The van der Waals surface area contributed by atoms with E-state index in [9.17, 15) is 4.79 Å². The quantitative estimate of drug-likeness (QED) is 0.585. The molecule has 0 saturated carbocycles. The minimum absolute atomic E-state index is 0.0863. The van der Waals surface area contributed by atoms with Crippen LogP contribution in [0.2, 0.25) is 0 Å². The number of aryl methyl sites for hydroxylation is 1. The summed E-state index contributed by atoms with van der Waals surface area (Å²) >= 11 is 3.66. The minimum Gasteiger partial charge on any atom is -0.497 e. The molecule has 2 aromatic carbocycles. The van der Waals surface area contributed by atoms with Crippen LogP contribution in [0.25, 0.3) is 10.9 Å². The molecule has 1 aromatic heterocycles. The van der Waals surface area contributed by atoms with Gasteiger partial charge in [0.05, 0.1) is 18.2 Å². The Bertz CT molecular complexity index is 940. The Morgan fingerprint density at radius 1 is 1.21 bits per heavy atom. The van der Waals surface area contributed by atoms with Crippen molar-refractivity contribution in [2.45, 2.75) is 25.8 Å². The summed E-state index contributed by atoms with van der Waals surface area (Å²) < 4.78 is 8.55. The fourth-order valence-electron chi connectivity index (χ4n) is 3.71. The van der Waals surface area contributed by atoms with Gasteiger partial charge in [-0.2, -0.15) is 0 Å². The van der Waals surface area contributed by atoms with Gasteiger partial charge in [-0.3, -0.25) is 4.79 Å². The third-order valence-electron chi connectivity index (χ3n) is 4.90. The Kier molecular flexibility index (Phi) is 3.72. The molecule has 1 atom stereocenters. The van der Waals surface area contributed by atoms with Crippen LogP contribution < -0.4 is 4.74 Å². The molecule has 2 heterocycles. The van der Waals surface area contributed by atoms with E-state index in [0.29, 0.717) is 11.5 Å². The third kappa shape index (κ3) is 2.20. The van der Waals surface area contributed by atoms with Crippen LogP contribution in [0.3, 0.4) is 0 Å². The molecule has 3 aromatic rings. The molecule has 24 heavy (non-hydrogen) atoms. The van der Waals surface area contributed by atoms with Gasteiger partial charge in [-0.05, 0) is 58.6 Å². The predicted molar refractivity (Wildman–Crippen MR) is 99.1 cm³/mol. The highest BCUT2D eigenvalue weighted by Crippen LogP contribution is 2.41. The van der Waals surface area contributed by atoms with Crippen molar-refractivity contribution in [1.29, 1.82) is 0 Å². The maximum Gasteiger partial charge on any atom is 0.195 e. The van der Waals surface area contributed by atoms with Gasteiger partial charge in [-0.1, -0.05) is 19.1 Å². The van der Waals surface area contributed by atoms with E-state index >= 15 is 0 Å². The van der Waals surface area contributed by atoms with Crippen LogP contribution in [-0.2, 0) is 6.54 Å². The van der Waals surface area contributed by atoms with E-state index in [2.05, 4.69) is 33.5 Å². The van der Waals surface area contributed by atoms with E-state index < -0.39 is 0 Å². The lowest BCUT2D eigenvalue weighted by atomic mass is 9.95. The summed E-state index contributed by atoms with van der Waals surface area (Å²) in [6.07, 6.45) is 1.08. The highest BCUT2D eigenvalue weighted by Gasteiger charge is 2.31. The summed E-state index contributed by atoms with van der Waals surface area (Å²) in [5.41, 5.74) is 3.85. The van der Waals surface area contributed by atoms with Crippen LogP contribution in [0.15, 0.2) is 46.9 Å². The number of rotatable bonds is 3. The average molecular weight is 384 g/mol. The number of hydrogen-bond donors (Lipinski definition) is 0. The minimum atomic E-state index is 0.0863. The lowest BCUT2D eigenvalue weighted by Crippen LogP contribution is -2.05. The van der Waals surface area contributed by atoms with E-state index in [1.165, 1.54) is 0 Å². The summed E-state index contributed by atoms with van der Waals surface area (Å²) in [4.78, 5) is 13.3. The largest absolute Gasteiger partial charge is 0.497 e. The lowest BCUT2D eigenvalue weighted by molar-refractivity contribution is 0.103. The number of nitrogens with zero attached hydrogens (tertiary/aromatic N) is 1. The first-order valence-electron chi connectivity index (χ1n) is 8.11. The molecule has 0 unspecified atom stereocenters. The van der Waals surface area contributed by atoms with E-state index in [1.54, 1.807) is 7.11 Å². The Labute approximate surface area is 149 Å². The highest BCUT2D eigenvalue weighted by molar-refractivity contribution is 9.10. The van der Waals surface area contributed by atoms with Gasteiger partial charge in [-0.25, -0.2) is 0 Å². The monoisotopic (exact) mass is 383 g/mol.